The largest absolute Gasteiger partial charge is 0.497 e. The number of methoxy groups -OCH3 is 7. The van der Waals surface area contributed by atoms with Gasteiger partial charge >= 0.3 is 24.1 Å². The number of allylic oxidation sites excluding steroid dienone is 1. The monoisotopic (exact) mass is 1500 g/mol. The topological polar surface area (TPSA) is 332 Å². The van der Waals surface area contributed by atoms with Gasteiger partial charge in [-0.1, -0.05) is 72.2 Å². The number of nitrogens with zero attached hydrogens (tertiary/aromatic N) is 4. The number of rotatable bonds is 15. The fourth-order valence-corrected chi connectivity index (χ4v) is 12.2. The standard InChI is InChI=1S/C13H16N2O3.2C13H17NO2.C12H15NO4.C12H15NO2.C7H12O.C6H11NO.C5H8O2.CO2/c1-9-7-12(17)15(13(9)14-8-16)10-3-5-11(18-2)6-4-10;2*1-9-8-13(15)14(10(9)2)11-4-6-12(16-3)7-5-11;1-8-4-6-9(7-5-8)13-10(11(14)16-2)12(15)17-3;1-9-7-12(14)13(8-9)10-3-5-11(15-2)6-4-10;1-5-3-7(8)4-6(5)2;1-4-2-5(8)3-6(4)7;1-3-4-5(6)7-2;2-1-3/h3-6,8-9,13H,7H2,1-2H3,(H,14,16);2*4-7,9-10H,8H2,1-3H3;4-7,10,13H,1-3H3;3-6,9H,7-8H2,1-2H3;5-6H,3-4H2,1-2H3;4,6H,2-3,7H2,1H3;3-4H,1-2H3;/b;;;;;;;4-3+;. The van der Waals surface area contributed by atoms with Crippen molar-refractivity contribution in [3.63, 3.8) is 0 Å². The van der Waals surface area contributed by atoms with Crippen LogP contribution in [0.3, 0.4) is 0 Å². The Morgan fingerprint density at radius 1 is 0.463 bits per heavy atom. The van der Waals surface area contributed by atoms with E-state index in [4.69, 9.17) is 34.3 Å². The zero-order chi connectivity index (χ0) is 80.9. The van der Waals surface area contributed by atoms with Gasteiger partial charge in [-0.05, 0) is 172 Å². The molecule has 4 saturated heterocycles. The maximum Gasteiger partial charge on any atom is 0.373 e. The zero-order valence-electron chi connectivity index (χ0n) is 65.7. The van der Waals surface area contributed by atoms with Crippen LogP contribution in [0.25, 0.3) is 0 Å². The summed E-state index contributed by atoms with van der Waals surface area (Å²) >= 11 is 0. The second-order valence-corrected chi connectivity index (χ2v) is 27.2. The van der Waals surface area contributed by atoms with Crippen LogP contribution in [-0.2, 0) is 71.7 Å². The molecule has 5 amide bonds. The van der Waals surface area contributed by atoms with Gasteiger partial charge in [0.25, 0.3) is 0 Å². The number of amides is 5. The van der Waals surface area contributed by atoms with E-state index in [-0.39, 0.29) is 66.0 Å². The lowest BCUT2D eigenvalue weighted by Crippen LogP contribution is -2.45. The molecule has 0 radical (unpaired) electrons. The lowest BCUT2D eigenvalue weighted by molar-refractivity contribution is -0.192. The summed E-state index contributed by atoms with van der Waals surface area (Å²) in [5.74, 6) is 6.06. The van der Waals surface area contributed by atoms with Gasteiger partial charge in [0.2, 0.25) is 36.1 Å². The van der Waals surface area contributed by atoms with Crippen molar-refractivity contribution in [1.82, 2.24) is 5.32 Å². The molecule has 0 aromatic heterocycles. The number of carbonyl (C=O) groups excluding carboxylic acids is 12. The Morgan fingerprint density at radius 3 is 1.09 bits per heavy atom. The van der Waals surface area contributed by atoms with Crippen LogP contribution in [0.15, 0.2) is 133 Å². The highest BCUT2D eigenvalue weighted by atomic mass is 16.5. The summed E-state index contributed by atoms with van der Waals surface area (Å²) < 4.78 is 33.7. The number of hydrogen-bond acceptors (Lipinski definition) is 21. The molecule has 0 spiro atoms. The Balaban J connectivity index is 0.000000324. The summed E-state index contributed by atoms with van der Waals surface area (Å²) in [6, 6.07) is 37.0. The first-order chi connectivity index (χ1) is 51.3. The fourth-order valence-electron chi connectivity index (χ4n) is 12.2. The van der Waals surface area contributed by atoms with E-state index in [0.29, 0.717) is 97.7 Å². The lowest BCUT2D eigenvalue weighted by Gasteiger charge is -2.26. The van der Waals surface area contributed by atoms with E-state index >= 15 is 0 Å². The third-order valence-corrected chi connectivity index (χ3v) is 19.1. The number of ether oxygens (including phenoxy) is 7. The minimum absolute atomic E-state index is 0.0204. The molecule has 4 heterocycles. The Labute approximate surface area is 635 Å². The normalized spacial score (nSPS) is 22.1. The highest BCUT2D eigenvalue weighted by Gasteiger charge is 2.39. The molecular formula is C82H111N7O19. The van der Waals surface area contributed by atoms with Gasteiger partial charge in [0.15, 0.2) is 0 Å². The van der Waals surface area contributed by atoms with E-state index in [1.54, 1.807) is 70.6 Å². The molecule has 6 aliphatic rings. The second kappa shape index (κ2) is 47.1. The third kappa shape index (κ3) is 28.9. The molecule has 5 aromatic rings. The lowest BCUT2D eigenvalue weighted by atomic mass is 10.0. The van der Waals surface area contributed by atoms with Crippen LogP contribution in [0.2, 0.25) is 0 Å². The van der Waals surface area contributed by atoms with Crippen molar-refractivity contribution in [3.8, 4) is 23.0 Å². The summed E-state index contributed by atoms with van der Waals surface area (Å²) in [5.41, 5.74) is 10.9. The summed E-state index contributed by atoms with van der Waals surface area (Å²) in [6.07, 6.45) is 8.93. The van der Waals surface area contributed by atoms with Gasteiger partial charge in [-0.2, -0.15) is 9.59 Å². The molecule has 6 fully saturated rings. The van der Waals surface area contributed by atoms with Crippen molar-refractivity contribution < 1.29 is 90.7 Å². The molecule has 4 aliphatic heterocycles. The Morgan fingerprint density at radius 2 is 0.824 bits per heavy atom. The molecule has 588 valence electrons. The number of benzene rings is 5. The molecule has 2 aliphatic carbocycles. The van der Waals surface area contributed by atoms with Crippen molar-refractivity contribution in [1.29, 1.82) is 0 Å². The fraction of sp³-hybridized carbons (Fsp3) is 0.476. The van der Waals surface area contributed by atoms with Gasteiger partial charge in [0.1, 0.15) is 40.7 Å². The van der Waals surface area contributed by atoms with Gasteiger partial charge < -0.3 is 64.2 Å². The maximum atomic E-state index is 12.0. The van der Waals surface area contributed by atoms with E-state index in [9.17, 15) is 47.9 Å². The van der Waals surface area contributed by atoms with Crippen LogP contribution in [0.5, 0.6) is 23.0 Å². The van der Waals surface area contributed by atoms with E-state index in [1.165, 1.54) is 27.4 Å². The number of hydrogen-bond donors (Lipinski definition) is 3. The van der Waals surface area contributed by atoms with Gasteiger partial charge in [-0.3, -0.25) is 38.5 Å². The number of ketones is 2. The number of Topliss-reactive ketones (excluding diaryl/α,β-unsaturated/α-hetero) is 2. The number of aryl methyl sites for hydroxylation is 1. The summed E-state index contributed by atoms with van der Waals surface area (Å²) in [7, 11) is 10.3. The predicted molar refractivity (Wildman–Crippen MR) is 412 cm³/mol. The SMILES string of the molecule is C/C=C/C(=O)OC.CC1CC(=O)CC1C.CC1CC(=O)CC1N.COC(=O)C(Nc1ccc(C)cc1)C(=O)OC.COc1ccc(N2C(=O)CC(C)C2C)cc1.COc1ccc(N2C(=O)CC(C)C2C)cc1.COc1ccc(N2C(=O)CC(C)C2NC=O)cc1.COc1ccc(N2CC(C)CC2=O)cc1.O=C=O. The number of anilines is 5. The number of esters is 3. The van der Waals surface area contributed by atoms with Gasteiger partial charge in [-0.25, -0.2) is 14.4 Å². The molecule has 2 saturated carbocycles. The van der Waals surface area contributed by atoms with Gasteiger partial charge in [-0.15, -0.1) is 0 Å². The first-order valence-electron chi connectivity index (χ1n) is 35.8. The van der Waals surface area contributed by atoms with Gasteiger partial charge in [0.05, 0.1) is 49.8 Å². The van der Waals surface area contributed by atoms with Crippen molar-refractivity contribution in [2.75, 3.05) is 81.2 Å². The van der Waals surface area contributed by atoms with Gasteiger partial charge in [0, 0.05) is 116 Å². The Hall–Kier alpha value is -10.7. The number of nitrogens with two attached hydrogens (primary N) is 1. The molecule has 5 aromatic carbocycles. The minimum Gasteiger partial charge on any atom is -0.497 e. The quantitative estimate of drug-likeness (QED) is 0.0288. The summed E-state index contributed by atoms with van der Waals surface area (Å²) in [6.45, 7) is 23.3. The van der Waals surface area contributed by atoms with Crippen molar-refractivity contribution in [3.05, 3.63) is 139 Å². The smallest absolute Gasteiger partial charge is 0.373 e. The van der Waals surface area contributed by atoms with E-state index in [1.807, 2.05) is 133 Å². The van der Waals surface area contributed by atoms with E-state index in [2.05, 4.69) is 73.3 Å². The molecule has 4 N–H and O–H groups in total. The van der Waals surface area contributed by atoms with Crippen molar-refractivity contribution in [2.24, 2.45) is 47.2 Å². The molecule has 0 bridgehead atoms. The van der Waals surface area contributed by atoms with Crippen LogP contribution in [0.4, 0.5) is 28.4 Å². The average molecular weight is 1500 g/mol. The van der Waals surface area contributed by atoms with Crippen LogP contribution >= 0.6 is 0 Å². The second-order valence-electron chi connectivity index (χ2n) is 27.2. The minimum atomic E-state index is -1.15. The van der Waals surface area contributed by atoms with Crippen molar-refractivity contribution in [2.45, 2.75) is 158 Å². The average Bonchev–Trinajstić information content (AvgIpc) is 1.62. The number of carbonyl (C=O) groups is 10. The Kier molecular flexibility index (Phi) is 39.9. The summed E-state index contributed by atoms with van der Waals surface area (Å²) in [5, 5.41) is 5.45. The molecular weight excluding hydrogens is 1390 g/mol. The first-order valence-corrected chi connectivity index (χ1v) is 35.8. The molecule has 11 rings (SSSR count). The Bertz CT molecular complexity index is 3590. The maximum absolute atomic E-state index is 12.0. The summed E-state index contributed by atoms with van der Waals surface area (Å²) in [4.78, 5) is 136. The molecule has 108 heavy (non-hydrogen) atoms. The highest BCUT2D eigenvalue weighted by molar-refractivity contribution is 6.02. The highest BCUT2D eigenvalue weighted by Crippen LogP contribution is 2.35. The van der Waals surface area contributed by atoms with Crippen LogP contribution in [0, 0.1) is 48.3 Å². The van der Waals surface area contributed by atoms with Crippen LogP contribution in [0.1, 0.15) is 126 Å². The van der Waals surface area contributed by atoms with E-state index in [0.717, 1.165) is 70.7 Å². The van der Waals surface area contributed by atoms with Crippen LogP contribution in [-0.4, -0.2) is 152 Å². The molecule has 11 atom stereocenters. The molecule has 26 nitrogen and oxygen atoms in total. The van der Waals surface area contributed by atoms with E-state index < -0.39 is 18.0 Å². The van der Waals surface area contributed by atoms with Crippen molar-refractivity contribution >= 4 is 94.1 Å². The zero-order valence-corrected chi connectivity index (χ0v) is 65.7. The van der Waals surface area contributed by atoms with Crippen LogP contribution < -0.4 is 54.9 Å². The molecule has 11 unspecified atom stereocenters. The first kappa shape index (κ1) is 91.5. The third-order valence-electron chi connectivity index (χ3n) is 19.1. The predicted octanol–water partition coefficient (Wildman–Crippen LogP) is 11.3. The number of nitrogens with one attached hydrogen (secondary N) is 2. The molecule has 26 heteroatoms.